The zero-order valence-corrected chi connectivity index (χ0v) is 11.3. The highest BCUT2D eigenvalue weighted by atomic mass is 32.2. The van der Waals surface area contributed by atoms with E-state index in [-0.39, 0.29) is 0 Å². The molecule has 1 aliphatic heterocycles. The van der Waals surface area contributed by atoms with Crippen LogP contribution in [0.3, 0.4) is 0 Å². The van der Waals surface area contributed by atoms with Gasteiger partial charge in [-0.2, -0.15) is 5.26 Å². The van der Waals surface area contributed by atoms with Crippen LogP contribution in [0.1, 0.15) is 18.4 Å². The van der Waals surface area contributed by atoms with Gasteiger partial charge in [-0.15, -0.1) is 0 Å². The fourth-order valence-corrected chi connectivity index (χ4v) is 2.47. The number of thioether (sulfide) groups is 1. The predicted molar refractivity (Wildman–Crippen MR) is 69.5 cm³/mol. The number of rotatable bonds is 3. The van der Waals surface area contributed by atoms with Crippen molar-refractivity contribution < 1.29 is 8.78 Å². The van der Waals surface area contributed by atoms with Crippen molar-refractivity contribution in [3.05, 3.63) is 11.8 Å². The fraction of sp³-hybridized carbons (Fsp3) is 0.583. The molecule has 1 fully saturated rings. The van der Waals surface area contributed by atoms with Gasteiger partial charge >= 0.3 is 0 Å². The first kappa shape index (κ1) is 14.0. The normalized spacial score (nSPS) is 16.7. The summed E-state index contributed by atoms with van der Waals surface area (Å²) in [6.45, 7) is 1.02. The number of aromatic nitrogens is 2. The highest BCUT2D eigenvalue weighted by molar-refractivity contribution is 7.98. The summed E-state index contributed by atoms with van der Waals surface area (Å²) < 4.78 is 25.2. The number of alkyl halides is 2. The van der Waals surface area contributed by atoms with Crippen LogP contribution < -0.4 is 4.90 Å². The first-order valence-corrected chi connectivity index (χ1v) is 7.22. The average molecular weight is 284 g/mol. The van der Waals surface area contributed by atoms with Crippen molar-refractivity contribution in [3.63, 3.8) is 0 Å². The van der Waals surface area contributed by atoms with Gasteiger partial charge in [0, 0.05) is 19.0 Å². The Morgan fingerprint density at radius 2 is 2.16 bits per heavy atom. The van der Waals surface area contributed by atoms with Gasteiger partial charge in [0.05, 0.1) is 6.20 Å². The van der Waals surface area contributed by atoms with Crippen LogP contribution in [0.25, 0.3) is 0 Å². The Kier molecular flexibility index (Phi) is 4.53. The van der Waals surface area contributed by atoms with Gasteiger partial charge in [-0.25, -0.2) is 18.7 Å². The van der Waals surface area contributed by atoms with E-state index in [9.17, 15) is 8.78 Å². The molecule has 1 aliphatic rings. The number of nitrogens with zero attached hydrogens (tertiary/aromatic N) is 4. The molecule has 0 unspecified atom stereocenters. The molecule has 0 bridgehead atoms. The zero-order valence-electron chi connectivity index (χ0n) is 10.5. The van der Waals surface area contributed by atoms with Crippen LogP contribution in [-0.4, -0.2) is 35.7 Å². The number of hydrogen-bond donors (Lipinski definition) is 0. The van der Waals surface area contributed by atoms with Crippen molar-refractivity contribution in [3.8, 4) is 6.07 Å². The van der Waals surface area contributed by atoms with Gasteiger partial charge in [0.25, 0.3) is 0 Å². The summed E-state index contributed by atoms with van der Waals surface area (Å²) in [5.74, 6) is 0.0261. The Morgan fingerprint density at radius 3 is 2.68 bits per heavy atom. The maximum Gasteiger partial charge on any atom is 0.241 e. The second-order valence-corrected chi connectivity index (χ2v) is 5.14. The van der Waals surface area contributed by atoms with Crippen molar-refractivity contribution in [2.24, 2.45) is 5.92 Å². The van der Waals surface area contributed by atoms with Gasteiger partial charge in [-0.05, 0) is 19.1 Å². The molecule has 0 N–H and O–H groups in total. The molecule has 2 heterocycles. The molecular weight excluding hydrogens is 270 g/mol. The van der Waals surface area contributed by atoms with E-state index in [0.717, 1.165) is 0 Å². The smallest absolute Gasteiger partial charge is 0.241 e. The van der Waals surface area contributed by atoms with Crippen LogP contribution in [0.15, 0.2) is 11.4 Å². The van der Waals surface area contributed by atoms with Gasteiger partial charge < -0.3 is 4.90 Å². The lowest BCUT2D eigenvalue weighted by molar-refractivity contribution is 0.0635. The largest absolute Gasteiger partial charge is 0.355 e. The van der Waals surface area contributed by atoms with Gasteiger partial charge in [0.1, 0.15) is 11.6 Å². The van der Waals surface area contributed by atoms with Gasteiger partial charge in [-0.3, -0.25) is 0 Å². The van der Waals surface area contributed by atoms with Crippen molar-refractivity contribution in [1.29, 1.82) is 5.26 Å². The van der Waals surface area contributed by atoms with Crippen LogP contribution >= 0.6 is 11.8 Å². The first-order chi connectivity index (χ1) is 9.15. The molecule has 1 saturated heterocycles. The molecule has 0 amide bonds. The highest BCUT2D eigenvalue weighted by Gasteiger charge is 2.27. The first-order valence-electron chi connectivity index (χ1n) is 6.00. The van der Waals surface area contributed by atoms with Crippen molar-refractivity contribution in [2.75, 3.05) is 24.2 Å². The van der Waals surface area contributed by atoms with Crippen molar-refractivity contribution in [1.82, 2.24) is 9.97 Å². The summed E-state index contributed by atoms with van der Waals surface area (Å²) >= 11 is 1.39. The summed E-state index contributed by atoms with van der Waals surface area (Å²) in [7, 11) is 0. The third-order valence-electron chi connectivity index (χ3n) is 3.25. The molecule has 1 aromatic heterocycles. The lowest BCUT2D eigenvalue weighted by Crippen LogP contribution is -2.37. The summed E-state index contributed by atoms with van der Waals surface area (Å²) in [5.41, 5.74) is 0.397. The van der Waals surface area contributed by atoms with E-state index >= 15 is 0 Å². The van der Waals surface area contributed by atoms with Crippen LogP contribution in [0.4, 0.5) is 14.6 Å². The number of hydrogen-bond acceptors (Lipinski definition) is 5. The Morgan fingerprint density at radius 1 is 1.47 bits per heavy atom. The topological polar surface area (TPSA) is 52.8 Å². The standard InChI is InChI=1S/C12H14F2N4S/c1-19-12-16-7-9(6-15)11(17-12)18-4-2-8(3-5-18)10(13)14/h7-8,10H,2-5H2,1H3. The molecule has 0 saturated carbocycles. The molecule has 7 heteroatoms. The minimum Gasteiger partial charge on any atom is -0.355 e. The number of anilines is 1. The van der Waals surface area contributed by atoms with E-state index in [1.165, 1.54) is 18.0 Å². The van der Waals surface area contributed by atoms with Crippen LogP contribution in [0, 0.1) is 17.2 Å². The molecule has 102 valence electrons. The summed E-state index contributed by atoms with van der Waals surface area (Å²) in [6, 6.07) is 2.05. The van der Waals surface area contributed by atoms with E-state index in [1.807, 2.05) is 11.2 Å². The van der Waals surface area contributed by atoms with E-state index in [4.69, 9.17) is 5.26 Å². The molecule has 0 atom stereocenters. The minimum absolute atomic E-state index is 0.397. The van der Waals surface area contributed by atoms with E-state index < -0.39 is 12.3 Å². The molecular formula is C12H14F2N4S. The summed E-state index contributed by atoms with van der Waals surface area (Å²) in [4.78, 5) is 10.3. The minimum atomic E-state index is -2.26. The Balaban J connectivity index is 2.16. The summed E-state index contributed by atoms with van der Waals surface area (Å²) in [5, 5.41) is 9.66. The van der Waals surface area contributed by atoms with Crippen LogP contribution in [-0.2, 0) is 0 Å². The Bertz CT molecular complexity index is 481. The molecule has 0 aromatic carbocycles. The van der Waals surface area contributed by atoms with Gasteiger partial charge in [-0.1, -0.05) is 11.8 Å². The summed E-state index contributed by atoms with van der Waals surface area (Å²) in [6.07, 6.45) is 1.95. The SMILES string of the molecule is CSc1ncc(C#N)c(N2CCC(C(F)F)CC2)n1. The molecule has 1 aromatic rings. The molecule has 19 heavy (non-hydrogen) atoms. The van der Waals surface area contributed by atoms with Gasteiger partial charge in [0.15, 0.2) is 11.0 Å². The predicted octanol–water partition coefficient (Wildman–Crippen LogP) is 2.55. The maximum absolute atomic E-state index is 12.6. The molecule has 4 nitrogen and oxygen atoms in total. The lowest BCUT2D eigenvalue weighted by atomic mass is 9.97. The van der Waals surface area contributed by atoms with Crippen LogP contribution in [0.5, 0.6) is 0 Å². The number of piperidine rings is 1. The van der Waals surface area contributed by atoms with E-state index in [0.29, 0.717) is 42.5 Å². The third kappa shape index (κ3) is 3.13. The fourth-order valence-electron chi connectivity index (χ4n) is 2.14. The second kappa shape index (κ2) is 6.15. The lowest BCUT2D eigenvalue weighted by Gasteiger charge is -2.32. The van der Waals surface area contributed by atoms with E-state index in [1.54, 1.807) is 0 Å². The monoisotopic (exact) mass is 284 g/mol. The van der Waals surface area contributed by atoms with Crippen LogP contribution in [0.2, 0.25) is 0 Å². The molecule has 2 rings (SSSR count). The Labute approximate surface area is 114 Å². The highest BCUT2D eigenvalue weighted by Crippen LogP contribution is 2.28. The quantitative estimate of drug-likeness (QED) is 0.630. The number of halogens is 2. The zero-order chi connectivity index (χ0) is 13.8. The number of nitriles is 1. The maximum atomic E-state index is 12.6. The van der Waals surface area contributed by atoms with E-state index in [2.05, 4.69) is 16.0 Å². The molecule has 0 aliphatic carbocycles. The van der Waals surface area contributed by atoms with Crippen molar-refractivity contribution >= 4 is 17.6 Å². The Hall–Kier alpha value is -1.42. The average Bonchev–Trinajstić information content (AvgIpc) is 2.46. The second-order valence-electron chi connectivity index (χ2n) is 4.36. The van der Waals surface area contributed by atoms with Crippen molar-refractivity contribution in [2.45, 2.75) is 24.4 Å². The van der Waals surface area contributed by atoms with Gasteiger partial charge in [0.2, 0.25) is 6.43 Å². The third-order valence-corrected chi connectivity index (χ3v) is 3.81. The molecule has 0 radical (unpaired) electrons. The molecule has 0 spiro atoms.